The van der Waals surface area contributed by atoms with E-state index < -0.39 is 5.54 Å². The minimum Gasteiger partial charge on any atom is -0.394 e. The molecule has 0 aliphatic rings. The number of rotatable bonds is 8. The van der Waals surface area contributed by atoms with Crippen LogP contribution in [-0.2, 0) is 0 Å². The molecule has 0 heterocycles. The lowest BCUT2D eigenvalue weighted by Crippen LogP contribution is -2.55. The Kier molecular flexibility index (Phi) is 7.09. The molecule has 0 radical (unpaired) electrons. The third kappa shape index (κ3) is 4.37. The van der Waals surface area contributed by atoms with Gasteiger partial charge in [0.15, 0.2) is 0 Å². The van der Waals surface area contributed by atoms with Crippen molar-refractivity contribution in [3.05, 3.63) is 0 Å². The molecule has 0 aliphatic carbocycles. The zero-order valence-electron chi connectivity index (χ0n) is 9.16. The summed E-state index contributed by atoms with van der Waals surface area (Å²) in [6, 6.07) is 0. The van der Waals surface area contributed by atoms with Crippen molar-refractivity contribution in [2.75, 3.05) is 26.4 Å². The van der Waals surface area contributed by atoms with Gasteiger partial charge in [-0.05, 0) is 18.9 Å². The smallest absolute Gasteiger partial charge is 0.0881 e. The van der Waals surface area contributed by atoms with E-state index in [-0.39, 0.29) is 19.8 Å². The van der Waals surface area contributed by atoms with Crippen molar-refractivity contribution >= 4 is 0 Å². The number of hydrogen-bond acceptors (Lipinski definition) is 4. The molecule has 0 aromatic rings. The molecular formula is C10H23NO3. The van der Waals surface area contributed by atoms with Gasteiger partial charge in [0, 0.05) is 0 Å². The quantitative estimate of drug-likeness (QED) is 0.440. The van der Waals surface area contributed by atoms with Crippen molar-refractivity contribution in [2.45, 2.75) is 32.2 Å². The molecule has 0 aromatic carbocycles. The van der Waals surface area contributed by atoms with Crippen LogP contribution in [-0.4, -0.2) is 47.2 Å². The van der Waals surface area contributed by atoms with E-state index in [9.17, 15) is 0 Å². The lowest BCUT2D eigenvalue weighted by molar-refractivity contribution is 0.0401. The van der Waals surface area contributed by atoms with Gasteiger partial charge >= 0.3 is 0 Å². The average Bonchev–Trinajstić information content (AvgIpc) is 2.21. The Morgan fingerprint density at radius 2 is 1.64 bits per heavy atom. The summed E-state index contributed by atoms with van der Waals surface area (Å²) in [4.78, 5) is 0. The van der Waals surface area contributed by atoms with Crippen LogP contribution in [0.5, 0.6) is 0 Å². The monoisotopic (exact) mass is 205 g/mol. The lowest BCUT2D eigenvalue weighted by atomic mass is 10.0. The molecule has 1 atom stereocenters. The van der Waals surface area contributed by atoms with E-state index in [1.807, 2.05) is 0 Å². The second-order valence-electron chi connectivity index (χ2n) is 4.03. The highest BCUT2D eigenvalue weighted by atomic mass is 16.3. The molecule has 14 heavy (non-hydrogen) atoms. The SMILES string of the molecule is CCCC(C)CNC(CO)(CO)CO. The molecule has 0 fully saturated rings. The highest BCUT2D eigenvalue weighted by molar-refractivity contribution is 4.86. The maximum Gasteiger partial charge on any atom is 0.0881 e. The second kappa shape index (κ2) is 7.17. The first-order chi connectivity index (χ1) is 6.64. The largest absolute Gasteiger partial charge is 0.394 e. The third-order valence-electron chi connectivity index (χ3n) is 2.51. The van der Waals surface area contributed by atoms with Gasteiger partial charge in [0.05, 0.1) is 25.4 Å². The van der Waals surface area contributed by atoms with Gasteiger partial charge in [-0.15, -0.1) is 0 Å². The first kappa shape index (κ1) is 13.8. The summed E-state index contributed by atoms with van der Waals surface area (Å²) < 4.78 is 0. The van der Waals surface area contributed by atoms with Crippen LogP contribution < -0.4 is 5.32 Å². The molecule has 0 aromatic heterocycles. The molecule has 0 saturated heterocycles. The maximum absolute atomic E-state index is 9.04. The minimum absolute atomic E-state index is 0.251. The summed E-state index contributed by atoms with van der Waals surface area (Å²) >= 11 is 0. The standard InChI is InChI=1S/C10H23NO3/c1-3-4-9(2)5-11-10(6-12,7-13)8-14/h9,11-14H,3-8H2,1-2H3. The van der Waals surface area contributed by atoms with E-state index in [1.165, 1.54) is 0 Å². The molecule has 1 unspecified atom stereocenters. The molecule has 0 saturated carbocycles. The highest BCUT2D eigenvalue weighted by Crippen LogP contribution is 2.07. The first-order valence-corrected chi connectivity index (χ1v) is 5.21. The van der Waals surface area contributed by atoms with Crippen molar-refractivity contribution in [3.8, 4) is 0 Å². The maximum atomic E-state index is 9.04. The van der Waals surface area contributed by atoms with Crippen molar-refractivity contribution in [1.82, 2.24) is 5.32 Å². The van der Waals surface area contributed by atoms with Gasteiger partial charge in [-0.3, -0.25) is 0 Å². The summed E-state index contributed by atoms with van der Waals surface area (Å²) in [5, 5.41) is 30.1. The molecule has 4 nitrogen and oxygen atoms in total. The number of hydrogen-bond donors (Lipinski definition) is 4. The van der Waals surface area contributed by atoms with Crippen molar-refractivity contribution < 1.29 is 15.3 Å². The lowest BCUT2D eigenvalue weighted by Gasteiger charge is -2.30. The Hall–Kier alpha value is -0.160. The van der Waals surface area contributed by atoms with Crippen LogP contribution in [0.25, 0.3) is 0 Å². The molecule has 0 aliphatic heterocycles. The summed E-state index contributed by atoms with van der Waals surface area (Å²) in [6.45, 7) is 4.17. The molecular weight excluding hydrogens is 182 g/mol. The third-order valence-corrected chi connectivity index (χ3v) is 2.51. The van der Waals surface area contributed by atoms with E-state index in [0.717, 1.165) is 12.8 Å². The fourth-order valence-electron chi connectivity index (χ4n) is 1.30. The van der Waals surface area contributed by atoms with E-state index in [4.69, 9.17) is 15.3 Å². The van der Waals surface area contributed by atoms with Gasteiger partial charge in [0.25, 0.3) is 0 Å². The molecule has 0 spiro atoms. The van der Waals surface area contributed by atoms with Crippen LogP contribution in [0.15, 0.2) is 0 Å². The Labute approximate surface area is 86.0 Å². The van der Waals surface area contributed by atoms with Crippen molar-refractivity contribution in [2.24, 2.45) is 5.92 Å². The van der Waals surface area contributed by atoms with Crippen molar-refractivity contribution in [1.29, 1.82) is 0 Å². The molecule has 4 N–H and O–H groups in total. The van der Waals surface area contributed by atoms with E-state index in [2.05, 4.69) is 19.2 Å². The Balaban J connectivity index is 3.92. The molecule has 0 amide bonds. The fourth-order valence-corrected chi connectivity index (χ4v) is 1.30. The van der Waals surface area contributed by atoms with E-state index in [0.29, 0.717) is 12.5 Å². The zero-order chi connectivity index (χ0) is 11.0. The minimum atomic E-state index is -0.929. The number of aliphatic hydroxyl groups excluding tert-OH is 3. The van der Waals surface area contributed by atoms with Gasteiger partial charge in [-0.25, -0.2) is 0 Å². The first-order valence-electron chi connectivity index (χ1n) is 5.21. The van der Waals surface area contributed by atoms with Gasteiger partial charge in [-0.1, -0.05) is 20.3 Å². The normalized spacial score (nSPS) is 14.4. The summed E-state index contributed by atoms with van der Waals surface area (Å²) in [7, 11) is 0. The molecule has 0 bridgehead atoms. The highest BCUT2D eigenvalue weighted by Gasteiger charge is 2.27. The summed E-state index contributed by atoms with van der Waals surface area (Å²) in [5.41, 5.74) is -0.929. The Morgan fingerprint density at radius 1 is 1.14 bits per heavy atom. The van der Waals surface area contributed by atoms with Crippen LogP contribution in [0.3, 0.4) is 0 Å². The van der Waals surface area contributed by atoms with Crippen LogP contribution >= 0.6 is 0 Å². The van der Waals surface area contributed by atoms with Crippen LogP contribution in [0.4, 0.5) is 0 Å². The van der Waals surface area contributed by atoms with Crippen LogP contribution in [0.2, 0.25) is 0 Å². The summed E-state index contributed by atoms with van der Waals surface area (Å²) in [5.74, 6) is 0.490. The van der Waals surface area contributed by atoms with E-state index in [1.54, 1.807) is 0 Å². The molecule has 0 rings (SSSR count). The Morgan fingerprint density at radius 3 is 2.00 bits per heavy atom. The van der Waals surface area contributed by atoms with Crippen LogP contribution in [0.1, 0.15) is 26.7 Å². The van der Waals surface area contributed by atoms with Gasteiger partial charge in [0.2, 0.25) is 0 Å². The van der Waals surface area contributed by atoms with Crippen molar-refractivity contribution in [3.63, 3.8) is 0 Å². The van der Waals surface area contributed by atoms with Crippen LogP contribution in [0, 0.1) is 5.92 Å². The van der Waals surface area contributed by atoms with E-state index >= 15 is 0 Å². The second-order valence-corrected chi connectivity index (χ2v) is 4.03. The number of nitrogens with one attached hydrogen (secondary N) is 1. The zero-order valence-corrected chi connectivity index (χ0v) is 9.16. The Bertz CT molecular complexity index is 129. The fraction of sp³-hybridized carbons (Fsp3) is 1.00. The molecule has 86 valence electrons. The average molecular weight is 205 g/mol. The van der Waals surface area contributed by atoms with Gasteiger partial charge in [0.1, 0.15) is 0 Å². The topological polar surface area (TPSA) is 72.7 Å². The predicted octanol–water partition coefficient (Wildman–Crippen LogP) is -0.272. The summed E-state index contributed by atoms with van der Waals surface area (Å²) in [6.07, 6.45) is 2.22. The van der Waals surface area contributed by atoms with Gasteiger partial charge in [-0.2, -0.15) is 0 Å². The number of aliphatic hydroxyl groups is 3. The van der Waals surface area contributed by atoms with Gasteiger partial charge < -0.3 is 20.6 Å². The molecule has 4 heteroatoms. The predicted molar refractivity (Wildman–Crippen MR) is 56.1 cm³/mol.